The van der Waals surface area contributed by atoms with Gasteiger partial charge in [0.25, 0.3) is 0 Å². The van der Waals surface area contributed by atoms with Gasteiger partial charge in [0, 0.05) is 13.5 Å². The van der Waals surface area contributed by atoms with Gasteiger partial charge in [0.05, 0.1) is 18.1 Å². The Bertz CT molecular complexity index is 506. The van der Waals surface area contributed by atoms with E-state index in [1.165, 1.54) is 5.56 Å². The third kappa shape index (κ3) is 2.64. The first kappa shape index (κ1) is 14.4. The second kappa shape index (κ2) is 5.68. The van der Waals surface area contributed by atoms with Crippen LogP contribution in [0.25, 0.3) is 0 Å². The highest BCUT2D eigenvalue weighted by Gasteiger charge is 2.37. The molecular weight excluding hydrogens is 266 g/mol. The SMILES string of the molecule is CC(C1Cc2ccccc2O1)N(C)C(=O)C1CCCC1O. The van der Waals surface area contributed by atoms with E-state index in [9.17, 15) is 9.90 Å². The minimum atomic E-state index is -0.478. The standard InChI is InChI=1S/C17H23NO3/c1-11(16-10-12-6-3-4-9-15(12)21-16)18(2)17(20)13-7-5-8-14(13)19/h3-4,6,9,11,13-14,16,19H,5,7-8,10H2,1-2H3. The van der Waals surface area contributed by atoms with E-state index >= 15 is 0 Å². The maximum absolute atomic E-state index is 12.5. The topological polar surface area (TPSA) is 49.8 Å². The fourth-order valence-electron chi connectivity index (χ4n) is 3.42. The minimum Gasteiger partial charge on any atom is -0.488 e. The molecule has 3 rings (SSSR count). The van der Waals surface area contributed by atoms with E-state index in [1.807, 2.05) is 32.2 Å². The summed E-state index contributed by atoms with van der Waals surface area (Å²) in [7, 11) is 1.82. The fourth-order valence-corrected chi connectivity index (χ4v) is 3.42. The molecule has 4 atom stereocenters. The zero-order valence-corrected chi connectivity index (χ0v) is 12.7. The lowest BCUT2D eigenvalue weighted by Gasteiger charge is -2.32. The zero-order chi connectivity index (χ0) is 15.0. The Morgan fingerprint density at radius 2 is 2.14 bits per heavy atom. The van der Waals surface area contributed by atoms with Crippen molar-refractivity contribution in [3.8, 4) is 5.75 Å². The summed E-state index contributed by atoms with van der Waals surface area (Å²) in [6, 6.07) is 8.03. The van der Waals surface area contributed by atoms with Crippen LogP contribution in [0.5, 0.6) is 5.75 Å². The molecule has 1 heterocycles. The maximum Gasteiger partial charge on any atom is 0.228 e. The second-order valence-corrected chi connectivity index (χ2v) is 6.26. The number of likely N-dealkylation sites (N-methyl/N-ethyl adjacent to an activating group) is 1. The summed E-state index contributed by atoms with van der Waals surface area (Å²) in [5.74, 6) is 0.740. The van der Waals surface area contributed by atoms with Crippen LogP contribution in [0.3, 0.4) is 0 Å². The Balaban J connectivity index is 1.66. The quantitative estimate of drug-likeness (QED) is 0.926. The predicted octanol–water partition coefficient (Wildman–Crippen LogP) is 2.00. The molecule has 1 aromatic rings. The molecule has 0 bridgehead atoms. The Morgan fingerprint density at radius 3 is 2.81 bits per heavy atom. The van der Waals surface area contributed by atoms with Gasteiger partial charge in [0.2, 0.25) is 5.91 Å². The molecule has 1 saturated carbocycles. The van der Waals surface area contributed by atoms with Crippen molar-refractivity contribution in [3.63, 3.8) is 0 Å². The first-order chi connectivity index (χ1) is 10.1. The fraction of sp³-hybridized carbons (Fsp3) is 0.588. The van der Waals surface area contributed by atoms with Crippen LogP contribution in [0, 0.1) is 5.92 Å². The van der Waals surface area contributed by atoms with Gasteiger partial charge in [-0.3, -0.25) is 4.79 Å². The number of ether oxygens (including phenoxy) is 1. The van der Waals surface area contributed by atoms with Crippen LogP contribution < -0.4 is 4.74 Å². The monoisotopic (exact) mass is 289 g/mol. The van der Waals surface area contributed by atoms with Crippen molar-refractivity contribution < 1.29 is 14.6 Å². The van der Waals surface area contributed by atoms with Crippen molar-refractivity contribution in [2.75, 3.05) is 7.05 Å². The van der Waals surface area contributed by atoms with Gasteiger partial charge in [-0.05, 0) is 37.8 Å². The van der Waals surface area contributed by atoms with Crippen LogP contribution in [0.1, 0.15) is 31.7 Å². The van der Waals surface area contributed by atoms with Gasteiger partial charge in [-0.15, -0.1) is 0 Å². The Hall–Kier alpha value is -1.55. The summed E-state index contributed by atoms with van der Waals surface area (Å²) < 4.78 is 5.97. The average Bonchev–Trinajstić information content (AvgIpc) is 3.10. The molecule has 4 nitrogen and oxygen atoms in total. The largest absolute Gasteiger partial charge is 0.488 e. The molecule has 1 amide bonds. The first-order valence-electron chi connectivity index (χ1n) is 7.77. The molecule has 0 spiro atoms. The summed E-state index contributed by atoms with van der Waals surface area (Å²) in [6.45, 7) is 2.02. The van der Waals surface area contributed by atoms with Crippen molar-refractivity contribution in [3.05, 3.63) is 29.8 Å². The molecule has 0 saturated heterocycles. The Labute approximate surface area is 125 Å². The van der Waals surface area contributed by atoms with E-state index in [4.69, 9.17) is 4.74 Å². The number of hydrogen-bond donors (Lipinski definition) is 1. The number of para-hydroxylation sites is 1. The smallest absolute Gasteiger partial charge is 0.228 e. The number of carbonyl (C=O) groups excluding carboxylic acids is 1. The summed E-state index contributed by atoms with van der Waals surface area (Å²) >= 11 is 0. The van der Waals surface area contributed by atoms with Gasteiger partial charge in [-0.1, -0.05) is 18.2 Å². The van der Waals surface area contributed by atoms with E-state index in [0.29, 0.717) is 0 Å². The third-order valence-corrected chi connectivity index (χ3v) is 4.97. The number of hydrogen-bond acceptors (Lipinski definition) is 3. The molecule has 4 heteroatoms. The minimum absolute atomic E-state index is 0.00213. The molecule has 4 unspecified atom stereocenters. The Kier molecular flexibility index (Phi) is 3.89. The van der Waals surface area contributed by atoms with Crippen molar-refractivity contribution in [1.82, 2.24) is 4.90 Å². The molecule has 114 valence electrons. The van der Waals surface area contributed by atoms with Crippen LogP contribution >= 0.6 is 0 Å². The van der Waals surface area contributed by atoms with Crippen molar-refractivity contribution in [2.45, 2.75) is 50.9 Å². The number of rotatable bonds is 3. The summed E-state index contributed by atoms with van der Waals surface area (Å²) in [5.41, 5.74) is 1.20. The van der Waals surface area contributed by atoms with Gasteiger partial charge >= 0.3 is 0 Å². The second-order valence-electron chi connectivity index (χ2n) is 6.26. The molecule has 1 aromatic carbocycles. The summed E-state index contributed by atoms with van der Waals surface area (Å²) in [4.78, 5) is 14.3. The normalized spacial score (nSPS) is 28.8. The van der Waals surface area contributed by atoms with E-state index in [2.05, 4.69) is 6.07 Å². The number of carbonyl (C=O) groups is 1. The molecule has 2 aliphatic rings. The number of aliphatic hydroxyl groups is 1. The van der Waals surface area contributed by atoms with E-state index in [0.717, 1.165) is 31.4 Å². The highest BCUT2D eigenvalue weighted by molar-refractivity contribution is 5.79. The first-order valence-corrected chi connectivity index (χ1v) is 7.77. The summed E-state index contributed by atoms with van der Waals surface area (Å²) in [6.07, 6.45) is 2.82. The molecule has 1 aliphatic heterocycles. The summed E-state index contributed by atoms with van der Waals surface area (Å²) in [5, 5.41) is 9.92. The lowest BCUT2D eigenvalue weighted by Crippen LogP contribution is -2.48. The maximum atomic E-state index is 12.5. The molecular formula is C17H23NO3. The lowest BCUT2D eigenvalue weighted by molar-refractivity contribution is -0.140. The molecule has 0 aromatic heterocycles. The third-order valence-electron chi connectivity index (χ3n) is 4.97. The number of nitrogens with zero attached hydrogens (tertiary/aromatic N) is 1. The molecule has 1 aliphatic carbocycles. The van der Waals surface area contributed by atoms with E-state index < -0.39 is 6.10 Å². The molecule has 0 radical (unpaired) electrons. The van der Waals surface area contributed by atoms with Gasteiger partial charge < -0.3 is 14.7 Å². The van der Waals surface area contributed by atoms with Crippen LogP contribution in [0.15, 0.2) is 24.3 Å². The van der Waals surface area contributed by atoms with Crippen molar-refractivity contribution in [2.24, 2.45) is 5.92 Å². The molecule has 1 fully saturated rings. The van der Waals surface area contributed by atoms with Gasteiger partial charge in [0.1, 0.15) is 11.9 Å². The van der Waals surface area contributed by atoms with E-state index in [-0.39, 0.29) is 24.0 Å². The van der Waals surface area contributed by atoms with Gasteiger partial charge in [0.15, 0.2) is 0 Å². The predicted molar refractivity (Wildman–Crippen MR) is 80.1 cm³/mol. The average molecular weight is 289 g/mol. The van der Waals surface area contributed by atoms with Gasteiger partial charge in [-0.25, -0.2) is 0 Å². The zero-order valence-electron chi connectivity index (χ0n) is 12.7. The lowest BCUT2D eigenvalue weighted by atomic mass is 10.0. The molecule has 21 heavy (non-hydrogen) atoms. The number of amides is 1. The van der Waals surface area contributed by atoms with Crippen molar-refractivity contribution in [1.29, 1.82) is 0 Å². The highest BCUT2D eigenvalue weighted by atomic mass is 16.5. The number of fused-ring (bicyclic) bond motifs is 1. The Morgan fingerprint density at radius 1 is 1.38 bits per heavy atom. The van der Waals surface area contributed by atoms with Crippen molar-refractivity contribution >= 4 is 5.91 Å². The van der Waals surface area contributed by atoms with Gasteiger partial charge in [-0.2, -0.15) is 0 Å². The van der Waals surface area contributed by atoms with Crippen LogP contribution in [0.2, 0.25) is 0 Å². The number of benzene rings is 1. The highest BCUT2D eigenvalue weighted by Crippen LogP contribution is 2.32. The van der Waals surface area contributed by atoms with Crippen LogP contribution in [-0.2, 0) is 11.2 Å². The van der Waals surface area contributed by atoms with Crippen LogP contribution in [0.4, 0.5) is 0 Å². The molecule has 1 N–H and O–H groups in total. The van der Waals surface area contributed by atoms with E-state index in [1.54, 1.807) is 4.90 Å². The number of aliphatic hydroxyl groups excluding tert-OH is 1. The van der Waals surface area contributed by atoms with Crippen LogP contribution in [-0.4, -0.2) is 41.2 Å².